The van der Waals surface area contributed by atoms with Gasteiger partial charge in [0.15, 0.2) is 0 Å². The highest BCUT2D eigenvalue weighted by Gasteiger charge is 2.05. The monoisotopic (exact) mass is 115 g/mol. The van der Waals surface area contributed by atoms with Crippen LogP contribution in [0.15, 0.2) is 12.2 Å². The van der Waals surface area contributed by atoms with Crippen molar-refractivity contribution in [1.82, 2.24) is 0 Å². The summed E-state index contributed by atoms with van der Waals surface area (Å²) in [6, 6.07) is 0. The zero-order valence-electron chi connectivity index (χ0n) is 4.33. The molecule has 0 heterocycles. The van der Waals surface area contributed by atoms with Crippen molar-refractivity contribution >= 4 is 5.91 Å². The fourth-order valence-corrected chi connectivity index (χ4v) is 0.203. The number of nitro groups is 1. The maximum Gasteiger partial charge on any atom is 0.469 e. The van der Waals surface area contributed by atoms with E-state index in [4.69, 9.17) is 0 Å². The standard InChI is InChI=1S/C4H5NO3/c1-2-3-4(6)5(7)8/h2-3H,1H3. The highest BCUT2D eigenvalue weighted by Crippen LogP contribution is 1.75. The Hall–Kier alpha value is -1.19. The predicted octanol–water partition coefficient (Wildman–Crippen LogP) is 0.366. The molecular weight excluding hydrogens is 110 g/mol. The van der Waals surface area contributed by atoms with E-state index in [1.165, 1.54) is 6.08 Å². The van der Waals surface area contributed by atoms with E-state index in [0.29, 0.717) is 0 Å². The lowest BCUT2D eigenvalue weighted by Crippen LogP contribution is -2.06. The van der Waals surface area contributed by atoms with Gasteiger partial charge in [-0.1, -0.05) is 6.08 Å². The summed E-state index contributed by atoms with van der Waals surface area (Å²) in [5.41, 5.74) is 0. The van der Waals surface area contributed by atoms with Gasteiger partial charge in [-0.25, -0.2) is 4.79 Å². The van der Waals surface area contributed by atoms with Gasteiger partial charge < -0.3 is 0 Å². The summed E-state index contributed by atoms with van der Waals surface area (Å²) in [5, 5.41) is 9.49. The number of hydrogen-bond acceptors (Lipinski definition) is 3. The Bertz CT molecular complexity index is 138. The lowest BCUT2D eigenvalue weighted by Gasteiger charge is -1.75. The first-order chi connectivity index (χ1) is 3.68. The van der Waals surface area contributed by atoms with Gasteiger partial charge in [-0.15, -0.1) is 0 Å². The van der Waals surface area contributed by atoms with Crippen LogP contribution in [0, 0.1) is 10.1 Å². The minimum Gasteiger partial charge on any atom is -0.255 e. The van der Waals surface area contributed by atoms with Gasteiger partial charge in [0.25, 0.3) is 0 Å². The molecule has 0 radical (unpaired) electrons. The maximum atomic E-state index is 9.96. The van der Waals surface area contributed by atoms with Crippen LogP contribution in [0.25, 0.3) is 0 Å². The minimum atomic E-state index is -1.08. The number of allylic oxidation sites excluding steroid dienone is 1. The molecule has 44 valence electrons. The van der Waals surface area contributed by atoms with Crippen LogP contribution in [0.1, 0.15) is 6.92 Å². The van der Waals surface area contributed by atoms with Crippen molar-refractivity contribution in [3.63, 3.8) is 0 Å². The summed E-state index contributed by atoms with van der Waals surface area (Å²) in [7, 11) is 0. The van der Waals surface area contributed by atoms with Gasteiger partial charge in [0.2, 0.25) is 0 Å². The second kappa shape index (κ2) is 2.90. The number of rotatable bonds is 1. The topological polar surface area (TPSA) is 60.2 Å². The van der Waals surface area contributed by atoms with Gasteiger partial charge in [-0.05, 0) is 6.92 Å². The summed E-state index contributed by atoms with van der Waals surface area (Å²) in [5.74, 6) is -1.08. The molecule has 0 aliphatic rings. The summed E-state index contributed by atoms with van der Waals surface area (Å²) >= 11 is 0. The molecule has 0 aromatic heterocycles. The van der Waals surface area contributed by atoms with Gasteiger partial charge in [0.05, 0.1) is 6.08 Å². The molecule has 0 fully saturated rings. The van der Waals surface area contributed by atoms with Crippen molar-refractivity contribution < 1.29 is 9.72 Å². The molecule has 0 N–H and O–H groups in total. The van der Waals surface area contributed by atoms with Crippen molar-refractivity contribution in [2.45, 2.75) is 6.92 Å². The van der Waals surface area contributed by atoms with E-state index in [0.717, 1.165) is 6.08 Å². The molecule has 0 saturated carbocycles. The van der Waals surface area contributed by atoms with E-state index in [1.54, 1.807) is 6.92 Å². The zero-order valence-corrected chi connectivity index (χ0v) is 4.33. The number of amides is 1. The van der Waals surface area contributed by atoms with Crippen molar-refractivity contribution in [1.29, 1.82) is 0 Å². The van der Waals surface area contributed by atoms with E-state index in [1.807, 2.05) is 0 Å². The molecule has 0 aromatic carbocycles. The fourth-order valence-electron chi connectivity index (χ4n) is 0.203. The number of nitrogens with zero attached hydrogens (tertiary/aromatic N) is 1. The largest absolute Gasteiger partial charge is 0.469 e. The first-order valence-corrected chi connectivity index (χ1v) is 1.99. The van der Waals surface area contributed by atoms with Crippen molar-refractivity contribution in [3.8, 4) is 0 Å². The molecule has 8 heavy (non-hydrogen) atoms. The van der Waals surface area contributed by atoms with Crippen LogP contribution in [-0.4, -0.2) is 10.8 Å². The molecule has 0 aliphatic carbocycles. The maximum absolute atomic E-state index is 9.96. The quantitative estimate of drug-likeness (QED) is 0.281. The van der Waals surface area contributed by atoms with E-state index in [9.17, 15) is 14.9 Å². The highest BCUT2D eigenvalue weighted by molar-refractivity contribution is 5.79. The van der Waals surface area contributed by atoms with Gasteiger partial charge in [0, 0.05) is 0 Å². The molecule has 0 atom stereocenters. The van der Waals surface area contributed by atoms with E-state index in [-0.39, 0.29) is 0 Å². The molecule has 0 aliphatic heterocycles. The van der Waals surface area contributed by atoms with Crippen LogP contribution in [0.5, 0.6) is 0 Å². The lowest BCUT2D eigenvalue weighted by atomic mass is 10.5. The van der Waals surface area contributed by atoms with E-state index >= 15 is 0 Å². The predicted molar refractivity (Wildman–Crippen MR) is 26.8 cm³/mol. The summed E-state index contributed by atoms with van der Waals surface area (Å²) in [4.78, 5) is 18.5. The Kier molecular flexibility index (Phi) is 2.47. The Balaban J connectivity index is 3.85. The Morgan fingerprint density at radius 3 is 2.38 bits per heavy atom. The van der Waals surface area contributed by atoms with Crippen LogP contribution in [0.2, 0.25) is 0 Å². The smallest absolute Gasteiger partial charge is 0.255 e. The highest BCUT2D eigenvalue weighted by atomic mass is 16.6. The van der Waals surface area contributed by atoms with Crippen LogP contribution < -0.4 is 0 Å². The molecule has 4 heteroatoms. The summed E-state index contributed by atoms with van der Waals surface area (Å²) in [6.45, 7) is 1.54. The second-order valence-electron chi connectivity index (χ2n) is 1.10. The van der Waals surface area contributed by atoms with Crippen molar-refractivity contribution in [2.24, 2.45) is 0 Å². The molecular formula is C4H5NO3. The second-order valence-corrected chi connectivity index (χ2v) is 1.10. The molecule has 0 aromatic rings. The Labute approximate surface area is 46.0 Å². The fraction of sp³-hybridized carbons (Fsp3) is 0.250. The zero-order chi connectivity index (χ0) is 6.57. The normalized spacial score (nSPS) is 9.62. The van der Waals surface area contributed by atoms with Gasteiger partial charge >= 0.3 is 5.91 Å². The summed E-state index contributed by atoms with van der Waals surface area (Å²) in [6.07, 6.45) is 2.23. The van der Waals surface area contributed by atoms with Crippen LogP contribution in [-0.2, 0) is 4.79 Å². The SMILES string of the molecule is CC=CC(=O)[N+](=O)[O-]. The molecule has 1 amide bonds. The molecule has 4 nitrogen and oxygen atoms in total. The molecule has 0 spiro atoms. The first-order valence-electron chi connectivity index (χ1n) is 1.99. The average molecular weight is 115 g/mol. The Morgan fingerprint density at radius 1 is 1.75 bits per heavy atom. The van der Waals surface area contributed by atoms with Crippen molar-refractivity contribution in [3.05, 3.63) is 22.3 Å². The third kappa shape index (κ3) is 2.07. The van der Waals surface area contributed by atoms with Gasteiger partial charge in [0.1, 0.15) is 4.92 Å². The van der Waals surface area contributed by atoms with Crippen LogP contribution >= 0.6 is 0 Å². The lowest BCUT2D eigenvalue weighted by molar-refractivity contribution is -0.396. The van der Waals surface area contributed by atoms with E-state index in [2.05, 4.69) is 0 Å². The number of carbonyl (C=O) groups excluding carboxylic acids is 1. The van der Waals surface area contributed by atoms with E-state index < -0.39 is 10.8 Å². The van der Waals surface area contributed by atoms with Crippen molar-refractivity contribution in [2.75, 3.05) is 0 Å². The molecule has 0 saturated heterocycles. The minimum absolute atomic E-state index is 0.903. The molecule has 0 rings (SSSR count). The van der Waals surface area contributed by atoms with Gasteiger partial charge in [-0.3, -0.25) is 10.1 Å². The Morgan fingerprint density at radius 2 is 2.25 bits per heavy atom. The molecule has 0 unspecified atom stereocenters. The summed E-state index contributed by atoms with van der Waals surface area (Å²) < 4.78 is 0. The van der Waals surface area contributed by atoms with Crippen LogP contribution in [0.3, 0.4) is 0 Å². The van der Waals surface area contributed by atoms with Gasteiger partial charge in [-0.2, -0.15) is 0 Å². The number of carbonyl (C=O) groups is 1. The number of hydrogen-bond donors (Lipinski definition) is 0. The third-order valence-electron chi connectivity index (χ3n) is 0.489. The van der Waals surface area contributed by atoms with Crippen LogP contribution in [0.4, 0.5) is 0 Å². The molecule has 0 bridgehead atoms. The third-order valence-corrected chi connectivity index (χ3v) is 0.489. The first kappa shape index (κ1) is 6.81. The average Bonchev–Trinajstić information content (AvgIpc) is 1.67.